The minimum absolute atomic E-state index is 0.0321. The normalized spacial score (nSPS) is 12.0. The van der Waals surface area contributed by atoms with Gasteiger partial charge in [-0.2, -0.15) is 0 Å². The summed E-state index contributed by atoms with van der Waals surface area (Å²) in [6.45, 7) is 3.27. The molecule has 1 aromatic heterocycles. The van der Waals surface area contributed by atoms with Crippen LogP contribution in [0.25, 0.3) is 10.9 Å². The molecule has 0 bridgehead atoms. The number of nitrogens with one attached hydrogen (secondary N) is 1. The molecular formula is C22H20Cl2N2O5. The third-order valence-electron chi connectivity index (χ3n) is 4.93. The maximum Gasteiger partial charge on any atom is 0.305 e. The maximum absolute atomic E-state index is 13.2. The van der Waals surface area contributed by atoms with Gasteiger partial charge in [-0.1, -0.05) is 23.2 Å². The van der Waals surface area contributed by atoms with Gasteiger partial charge in [0.05, 0.1) is 23.4 Å². The van der Waals surface area contributed by atoms with Crippen LogP contribution >= 0.6 is 23.2 Å². The molecule has 0 aliphatic carbocycles. The van der Waals surface area contributed by atoms with Crippen LogP contribution in [0.3, 0.4) is 0 Å². The SMILES string of the molecule is Cc1c(CC(=O)NC(C)CC(=O)O)c2c(Cl)c(O)ccc2n1C(=O)c1ccc(Cl)cc1. The second-order valence-corrected chi connectivity index (χ2v) is 8.06. The first kappa shape index (κ1) is 22.7. The Morgan fingerprint density at radius 1 is 1.10 bits per heavy atom. The molecule has 0 fully saturated rings. The Labute approximate surface area is 188 Å². The molecule has 31 heavy (non-hydrogen) atoms. The highest BCUT2D eigenvalue weighted by Crippen LogP contribution is 2.38. The number of aromatic nitrogens is 1. The van der Waals surface area contributed by atoms with Crippen molar-refractivity contribution >= 4 is 51.9 Å². The Kier molecular flexibility index (Phi) is 6.57. The molecule has 1 amide bonds. The molecule has 2 aromatic carbocycles. The van der Waals surface area contributed by atoms with Crippen molar-refractivity contribution in [2.75, 3.05) is 0 Å². The monoisotopic (exact) mass is 462 g/mol. The molecule has 1 unspecified atom stereocenters. The smallest absolute Gasteiger partial charge is 0.305 e. The number of halogens is 2. The van der Waals surface area contributed by atoms with Gasteiger partial charge < -0.3 is 15.5 Å². The lowest BCUT2D eigenvalue weighted by atomic mass is 10.1. The molecule has 0 aliphatic heterocycles. The number of carbonyl (C=O) groups excluding carboxylic acids is 2. The van der Waals surface area contributed by atoms with Gasteiger partial charge in [0.15, 0.2) is 0 Å². The number of carboxylic acids is 1. The van der Waals surface area contributed by atoms with Gasteiger partial charge in [-0.3, -0.25) is 19.0 Å². The van der Waals surface area contributed by atoms with Crippen molar-refractivity contribution in [3.63, 3.8) is 0 Å². The lowest BCUT2D eigenvalue weighted by Crippen LogP contribution is -2.35. The van der Waals surface area contributed by atoms with Crippen molar-refractivity contribution in [3.05, 3.63) is 63.3 Å². The van der Waals surface area contributed by atoms with Gasteiger partial charge >= 0.3 is 5.97 Å². The first-order chi connectivity index (χ1) is 14.6. The largest absolute Gasteiger partial charge is 0.506 e. The van der Waals surface area contributed by atoms with E-state index in [0.29, 0.717) is 32.7 Å². The van der Waals surface area contributed by atoms with Crippen LogP contribution in [-0.2, 0) is 16.0 Å². The van der Waals surface area contributed by atoms with Gasteiger partial charge in [-0.25, -0.2) is 0 Å². The molecule has 1 atom stereocenters. The van der Waals surface area contributed by atoms with E-state index < -0.39 is 17.9 Å². The van der Waals surface area contributed by atoms with Crippen molar-refractivity contribution in [1.82, 2.24) is 9.88 Å². The number of phenolic OH excluding ortho intramolecular Hbond substituents is 1. The molecule has 7 nitrogen and oxygen atoms in total. The van der Waals surface area contributed by atoms with Crippen molar-refractivity contribution in [3.8, 4) is 5.75 Å². The number of phenols is 1. The minimum Gasteiger partial charge on any atom is -0.506 e. The summed E-state index contributed by atoms with van der Waals surface area (Å²) < 4.78 is 1.44. The Morgan fingerprint density at radius 2 is 1.74 bits per heavy atom. The Hall–Kier alpha value is -3.03. The van der Waals surface area contributed by atoms with Crippen LogP contribution < -0.4 is 5.32 Å². The average molecular weight is 463 g/mol. The van der Waals surface area contributed by atoms with Crippen molar-refractivity contribution < 1.29 is 24.6 Å². The van der Waals surface area contributed by atoms with Crippen molar-refractivity contribution in [1.29, 1.82) is 0 Å². The van der Waals surface area contributed by atoms with E-state index in [0.717, 1.165) is 0 Å². The number of nitrogens with zero attached hydrogens (tertiary/aromatic N) is 1. The predicted octanol–water partition coefficient (Wildman–Crippen LogP) is 4.17. The third-order valence-corrected chi connectivity index (χ3v) is 5.57. The van der Waals surface area contributed by atoms with Crippen LogP contribution in [0.2, 0.25) is 10.0 Å². The third kappa shape index (κ3) is 4.68. The fourth-order valence-electron chi connectivity index (χ4n) is 3.52. The number of carbonyl (C=O) groups is 3. The van der Waals surface area contributed by atoms with E-state index in [4.69, 9.17) is 28.3 Å². The number of hydrogen-bond donors (Lipinski definition) is 3. The summed E-state index contributed by atoms with van der Waals surface area (Å²) in [6, 6.07) is 8.77. The number of rotatable bonds is 6. The second-order valence-electron chi connectivity index (χ2n) is 7.25. The lowest BCUT2D eigenvalue weighted by molar-refractivity contribution is -0.137. The fourth-order valence-corrected chi connectivity index (χ4v) is 3.92. The van der Waals surface area contributed by atoms with Crippen molar-refractivity contribution in [2.45, 2.75) is 32.7 Å². The topological polar surface area (TPSA) is 109 Å². The van der Waals surface area contributed by atoms with Gasteiger partial charge in [0.25, 0.3) is 5.91 Å². The fraction of sp³-hybridized carbons (Fsp3) is 0.227. The maximum atomic E-state index is 13.2. The molecule has 3 aromatic rings. The summed E-state index contributed by atoms with van der Waals surface area (Å²) in [6.07, 6.45) is -0.362. The molecular weight excluding hydrogens is 443 g/mol. The number of fused-ring (bicyclic) bond motifs is 1. The van der Waals surface area contributed by atoms with E-state index in [1.807, 2.05) is 0 Å². The van der Waals surface area contributed by atoms with E-state index >= 15 is 0 Å². The average Bonchev–Trinajstić information content (AvgIpc) is 2.96. The van der Waals surface area contributed by atoms with E-state index in [9.17, 15) is 19.5 Å². The number of benzene rings is 2. The van der Waals surface area contributed by atoms with E-state index in [1.165, 1.54) is 10.6 Å². The molecule has 3 N–H and O–H groups in total. The van der Waals surface area contributed by atoms with Gasteiger partial charge in [-0.15, -0.1) is 0 Å². The molecule has 3 rings (SSSR count). The highest BCUT2D eigenvalue weighted by Gasteiger charge is 2.25. The van der Waals surface area contributed by atoms with Gasteiger partial charge in [0.2, 0.25) is 5.91 Å². The quantitative estimate of drug-likeness (QED) is 0.509. The van der Waals surface area contributed by atoms with E-state index in [-0.39, 0.29) is 29.5 Å². The highest BCUT2D eigenvalue weighted by molar-refractivity contribution is 6.37. The number of aromatic hydroxyl groups is 1. The molecule has 162 valence electrons. The van der Waals surface area contributed by atoms with Crippen LogP contribution in [-0.4, -0.2) is 38.6 Å². The molecule has 9 heteroatoms. The van der Waals surface area contributed by atoms with Crippen LogP contribution in [0.1, 0.15) is 35.0 Å². The molecule has 1 heterocycles. The summed E-state index contributed by atoms with van der Waals surface area (Å²) in [5, 5.41) is 22.5. The van der Waals surface area contributed by atoms with Crippen LogP contribution in [0, 0.1) is 6.92 Å². The zero-order chi connectivity index (χ0) is 22.9. The molecule has 0 saturated carbocycles. The summed E-state index contributed by atoms with van der Waals surface area (Å²) in [5.74, 6) is -1.96. The summed E-state index contributed by atoms with van der Waals surface area (Å²) in [7, 11) is 0. The van der Waals surface area contributed by atoms with E-state index in [2.05, 4.69) is 5.32 Å². The summed E-state index contributed by atoms with van der Waals surface area (Å²) >= 11 is 12.3. The first-order valence-electron chi connectivity index (χ1n) is 9.43. The van der Waals surface area contributed by atoms with Crippen LogP contribution in [0.4, 0.5) is 0 Å². The Balaban J connectivity index is 2.07. The molecule has 0 radical (unpaired) electrons. The standard InChI is InChI=1S/C22H20Cl2N2O5/c1-11(9-19(29)30)25-18(28)10-15-12(2)26(16-7-8-17(27)21(24)20(15)16)22(31)13-3-5-14(23)6-4-13/h3-8,11,27H,9-10H2,1-2H3,(H,25,28)(H,29,30). The summed E-state index contributed by atoms with van der Waals surface area (Å²) in [4.78, 5) is 36.6. The predicted molar refractivity (Wildman–Crippen MR) is 118 cm³/mol. The lowest BCUT2D eigenvalue weighted by Gasteiger charge is -2.12. The number of hydrogen-bond acceptors (Lipinski definition) is 4. The summed E-state index contributed by atoms with van der Waals surface area (Å²) in [5.41, 5.74) is 1.79. The van der Waals surface area contributed by atoms with Crippen LogP contribution in [0.15, 0.2) is 36.4 Å². The minimum atomic E-state index is -1.03. The molecule has 0 aliphatic rings. The molecule has 0 saturated heterocycles. The number of aliphatic carboxylic acids is 1. The number of amides is 1. The van der Waals surface area contributed by atoms with Crippen molar-refractivity contribution in [2.24, 2.45) is 0 Å². The number of carboxylic acid groups (broad SMARTS) is 1. The van der Waals surface area contributed by atoms with E-state index in [1.54, 1.807) is 44.2 Å². The Morgan fingerprint density at radius 3 is 2.35 bits per heavy atom. The Bertz CT molecular complexity index is 1190. The zero-order valence-electron chi connectivity index (χ0n) is 16.8. The van der Waals surface area contributed by atoms with Gasteiger partial charge in [0, 0.05) is 27.7 Å². The highest BCUT2D eigenvalue weighted by atomic mass is 35.5. The zero-order valence-corrected chi connectivity index (χ0v) is 18.3. The van der Waals surface area contributed by atoms with Gasteiger partial charge in [-0.05, 0) is 55.8 Å². The van der Waals surface area contributed by atoms with Gasteiger partial charge in [0.1, 0.15) is 5.75 Å². The first-order valence-corrected chi connectivity index (χ1v) is 10.2. The molecule has 0 spiro atoms. The second kappa shape index (κ2) is 8.99. The van der Waals surface area contributed by atoms with Crippen LogP contribution in [0.5, 0.6) is 5.75 Å².